The molecule has 9 nitrogen and oxygen atoms in total. The zero-order valence-electron chi connectivity index (χ0n) is 21.0. The molecule has 3 heterocycles. The van der Waals surface area contributed by atoms with E-state index in [9.17, 15) is 4.79 Å². The van der Waals surface area contributed by atoms with Crippen molar-refractivity contribution >= 4 is 22.8 Å². The lowest BCUT2D eigenvalue weighted by Crippen LogP contribution is -2.49. The Bertz CT molecular complexity index is 1240. The maximum Gasteiger partial charge on any atom is 0.322 e. The van der Waals surface area contributed by atoms with E-state index in [0.717, 1.165) is 68.0 Å². The summed E-state index contributed by atoms with van der Waals surface area (Å²) < 4.78 is 12.4. The van der Waals surface area contributed by atoms with Gasteiger partial charge in [0.25, 0.3) is 0 Å². The first-order valence-corrected chi connectivity index (χ1v) is 13.1. The van der Waals surface area contributed by atoms with E-state index in [1.807, 2.05) is 26.4 Å². The Morgan fingerprint density at radius 2 is 1.94 bits per heavy atom. The van der Waals surface area contributed by atoms with Crippen LogP contribution in [0.3, 0.4) is 0 Å². The number of hydrogen-bond donors (Lipinski definition) is 1. The van der Waals surface area contributed by atoms with Gasteiger partial charge in [0.05, 0.1) is 18.8 Å². The number of carbonyl (C=O) groups is 1. The largest absolute Gasteiger partial charge is 0.460 e. The van der Waals surface area contributed by atoms with E-state index in [1.54, 1.807) is 4.90 Å². The third kappa shape index (κ3) is 4.52. The maximum absolute atomic E-state index is 12.4. The van der Waals surface area contributed by atoms with E-state index in [2.05, 4.69) is 28.1 Å². The lowest BCUT2D eigenvalue weighted by atomic mass is 9.86. The standard InChI is InChI=1S/C27H34N6O3/c1-32(2)25(34)17-6-9-20(10-7-17)36-27-30-24(19-8-11-21-18(16-19)12-13-28-21)29-26(31-27)33-14-15-35-23-5-3-4-22(23)33/h8,11-13,16-17,20,22-23,28H,3-7,9-10,14-15H2,1-2H3. The number of carbonyl (C=O) groups excluding carboxylic acids is 1. The smallest absolute Gasteiger partial charge is 0.322 e. The quantitative estimate of drug-likeness (QED) is 0.581. The molecule has 1 amide bonds. The minimum atomic E-state index is -0.00427. The first kappa shape index (κ1) is 23.2. The van der Waals surface area contributed by atoms with Crippen molar-refractivity contribution in [2.75, 3.05) is 32.1 Å². The fourth-order valence-electron chi connectivity index (χ4n) is 5.96. The summed E-state index contributed by atoms with van der Waals surface area (Å²) in [5, 5.41) is 1.11. The molecule has 9 heteroatoms. The van der Waals surface area contributed by atoms with Gasteiger partial charge in [-0.1, -0.05) is 0 Å². The third-order valence-electron chi connectivity index (χ3n) is 7.89. The molecule has 3 aliphatic rings. The molecule has 0 bridgehead atoms. The normalized spacial score (nSPS) is 26.1. The number of aromatic nitrogens is 4. The molecule has 1 aliphatic heterocycles. The van der Waals surface area contributed by atoms with Gasteiger partial charge in [0.2, 0.25) is 11.9 Å². The molecule has 1 N–H and O–H groups in total. The number of H-pyrrole nitrogens is 1. The number of morpholine rings is 1. The monoisotopic (exact) mass is 490 g/mol. The predicted molar refractivity (Wildman–Crippen MR) is 137 cm³/mol. The summed E-state index contributed by atoms with van der Waals surface area (Å²) in [4.78, 5) is 34.1. The minimum Gasteiger partial charge on any atom is -0.460 e. The second-order valence-corrected chi connectivity index (χ2v) is 10.4. The maximum atomic E-state index is 12.4. The number of rotatable bonds is 5. The molecule has 190 valence electrons. The SMILES string of the molecule is CN(C)C(=O)C1CCC(Oc2nc(-c3ccc4[nH]ccc4c3)nc(N3CCOC4CCCC43)n2)CC1. The number of anilines is 1. The average Bonchev–Trinajstić information content (AvgIpc) is 3.57. The molecule has 2 aliphatic carbocycles. The van der Waals surface area contributed by atoms with Gasteiger partial charge in [-0.25, -0.2) is 0 Å². The Morgan fingerprint density at radius 3 is 2.78 bits per heavy atom. The van der Waals surface area contributed by atoms with Crippen LogP contribution in [0.25, 0.3) is 22.3 Å². The molecule has 36 heavy (non-hydrogen) atoms. The third-order valence-corrected chi connectivity index (χ3v) is 7.89. The van der Waals surface area contributed by atoms with E-state index < -0.39 is 0 Å². The van der Waals surface area contributed by atoms with Gasteiger partial charge in [-0.3, -0.25) is 4.79 Å². The van der Waals surface area contributed by atoms with Crippen molar-refractivity contribution in [3.63, 3.8) is 0 Å². The molecule has 1 saturated heterocycles. The Labute approximate surface area is 211 Å². The molecule has 0 spiro atoms. The summed E-state index contributed by atoms with van der Waals surface area (Å²) in [6.45, 7) is 1.44. The number of ether oxygens (including phenoxy) is 2. The number of benzene rings is 1. The number of amides is 1. The van der Waals surface area contributed by atoms with Crippen molar-refractivity contribution in [1.29, 1.82) is 0 Å². The highest BCUT2D eigenvalue weighted by atomic mass is 16.5. The lowest BCUT2D eigenvalue weighted by Gasteiger charge is -2.37. The van der Waals surface area contributed by atoms with Crippen LogP contribution in [0.2, 0.25) is 0 Å². The van der Waals surface area contributed by atoms with Crippen molar-refractivity contribution in [3.8, 4) is 17.4 Å². The number of aromatic amines is 1. The van der Waals surface area contributed by atoms with Crippen molar-refractivity contribution in [2.45, 2.75) is 63.2 Å². The van der Waals surface area contributed by atoms with Gasteiger partial charge in [0.1, 0.15) is 6.10 Å². The molecule has 6 rings (SSSR count). The summed E-state index contributed by atoms with van der Waals surface area (Å²) in [5.41, 5.74) is 2.02. The van der Waals surface area contributed by atoms with Crippen LogP contribution in [0, 0.1) is 5.92 Å². The Balaban J connectivity index is 1.29. The minimum absolute atomic E-state index is 0.00427. The predicted octanol–water partition coefficient (Wildman–Crippen LogP) is 3.80. The fourth-order valence-corrected chi connectivity index (χ4v) is 5.96. The molecular weight excluding hydrogens is 456 g/mol. The van der Waals surface area contributed by atoms with Crippen LogP contribution in [-0.2, 0) is 9.53 Å². The summed E-state index contributed by atoms with van der Waals surface area (Å²) in [5.74, 6) is 1.57. The fraction of sp³-hybridized carbons (Fsp3) is 0.556. The van der Waals surface area contributed by atoms with Crippen molar-refractivity contribution in [2.24, 2.45) is 5.92 Å². The molecular formula is C27H34N6O3. The molecule has 1 aromatic carbocycles. The van der Waals surface area contributed by atoms with Crippen molar-refractivity contribution < 1.29 is 14.3 Å². The second-order valence-electron chi connectivity index (χ2n) is 10.4. The van der Waals surface area contributed by atoms with E-state index in [1.165, 1.54) is 0 Å². The number of nitrogens with one attached hydrogen (secondary N) is 1. The zero-order chi connectivity index (χ0) is 24.6. The first-order valence-electron chi connectivity index (χ1n) is 13.1. The molecule has 2 unspecified atom stereocenters. The van der Waals surface area contributed by atoms with E-state index in [4.69, 9.17) is 24.4 Å². The highest BCUT2D eigenvalue weighted by Crippen LogP contribution is 2.34. The molecule has 2 atom stereocenters. The van der Waals surface area contributed by atoms with Crippen LogP contribution in [0.4, 0.5) is 5.95 Å². The summed E-state index contributed by atoms with van der Waals surface area (Å²) >= 11 is 0. The highest BCUT2D eigenvalue weighted by molar-refractivity contribution is 5.84. The van der Waals surface area contributed by atoms with E-state index in [-0.39, 0.29) is 24.0 Å². The van der Waals surface area contributed by atoms with Crippen LogP contribution >= 0.6 is 0 Å². The highest BCUT2D eigenvalue weighted by Gasteiger charge is 2.38. The number of fused-ring (bicyclic) bond motifs is 2. The number of hydrogen-bond acceptors (Lipinski definition) is 7. The van der Waals surface area contributed by atoms with Crippen LogP contribution in [0.5, 0.6) is 6.01 Å². The zero-order valence-corrected chi connectivity index (χ0v) is 21.0. The van der Waals surface area contributed by atoms with Crippen LogP contribution in [0.15, 0.2) is 30.5 Å². The second kappa shape index (κ2) is 9.69. The molecule has 2 saturated carbocycles. The first-order chi connectivity index (χ1) is 17.5. The van der Waals surface area contributed by atoms with Crippen molar-refractivity contribution in [3.05, 3.63) is 30.5 Å². The Morgan fingerprint density at radius 1 is 1.08 bits per heavy atom. The molecule has 3 fully saturated rings. The van der Waals surface area contributed by atoms with Gasteiger partial charge in [-0.2, -0.15) is 15.0 Å². The van der Waals surface area contributed by atoms with Crippen LogP contribution < -0.4 is 9.64 Å². The summed E-state index contributed by atoms with van der Waals surface area (Å²) in [7, 11) is 3.65. The van der Waals surface area contributed by atoms with E-state index in [0.29, 0.717) is 30.4 Å². The van der Waals surface area contributed by atoms with Crippen molar-refractivity contribution in [1.82, 2.24) is 24.8 Å². The topological polar surface area (TPSA) is 96.5 Å². The van der Waals surface area contributed by atoms with Crippen LogP contribution in [-0.4, -0.2) is 76.2 Å². The summed E-state index contributed by atoms with van der Waals surface area (Å²) in [6.07, 6.45) is 8.78. The average molecular weight is 491 g/mol. The number of nitrogens with zero attached hydrogens (tertiary/aromatic N) is 5. The lowest BCUT2D eigenvalue weighted by molar-refractivity contribution is -0.134. The van der Waals surface area contributed by atoms with E-state index >= 15 is 0 Å². The Hall–Kier alpha value is -3.20. The molecule has 2 aromatic heterocycles. The van der Waals surface area contributed by atoms with Gasteiger partial charge in [0.15, 0.2) is 5.82 Å². The van der Waals surface area contributed by atoms with Gasteiger partial charge in [-0.15, -0.1) is 0 Å². The Kier molecular flexibility index (Phi) is 6.25. The summed E-state index contributed by atoms with van der Waals surface area (Å²) in [6, 6.07) is 8.91. The van der Waals surface area contributed by atoms with Gasteiger partial charge in [0, 0.05) is 49.2 Å². The van der Waals surface area contributed by atoms with Gasteiger partial charge < -0.3 is 24.3 Å². The molecule has 3 aromatic rings. The molecule has 0 radical (unpaired) electrons. The van der Waals surface area contributed by atoms with Gasteiger partial charge >= 0.3 is 6.01 Å². The van der Waals surface area contributed by atoms with Crippen LogP contribution in [0.1, 0.15) is 44.9 Å². The van der Waals surface area contributed by atoms with Gasteiger partial charge in [-0.05, 0) is 69.2 Å².